The average Bonchev–Trinajstić information content (AvgIpc) is 3.61. The molecule has 8 aromatic carbocycles. The minimum atomic E-state index is 1.03. The Hall–Kier alpha value is -6.68. The summed E-state index contributed by atoms with van der Waals surface area (Å²) in [6.45, 7) is 0. The summed E-state index contributed by atoms with van der Waals surface area (Å²) in [5.74, 6) is 0. The van der Waals surface area contributed by atoms with E-state index in [1.165, 1.54) is 86.2 Å². The van der Waals surface area contributed by atoms with Gasteiger partial charge in [0.15, 0.2) is 0 Å². The molecule has 246 valence electrons. The second-order valence-corrected chi connectivity index (χ2v) is 14.7. The van der Waals surface area contributed by atoms with E-state index in [0.717, 1.165) is 21.8 Å². The highest BCUT2D eigenvalue weighted by Gasteiger charge is 2.21. The maximum Gasteiger partial charge on any atom is 0.0786 e. The number of thiophene rings is 1. The molecule has 2 nitrogen and oxygen atoms in total. The zero-order chi connectivity index (χ0) is 34.9. The molecule has 0 aliphatic carbocycles. The first kappa shape index (κ1) is 30.0. The van der Waals surface area contributed by atoms with Crippen LogP contribution in [0.4, 0.5) is 0 Å². The SMILES string of the molecule is c1ccc(-c2cc(-c3cccc4ccc5cccnc5c34)c3sc4c(-c5cccc6ccc7cccnc7c56)cc(-c5ccccc5)cc4c3c2)cc1. The fraction of sp³-hybridized carbons (Fsp3) is 0. The van der Waals surface area contributed by atoms with E-state index in [9.17, 15) is 0 Å². The van der Waals surface area contributed by atoms with E-state index in [-0.39, 0.29) is 0 Å². The molecule has 53 heavy (non-hydrogen) atoms. The summed E-state index contributed by atoms with van der Waals surface area (Å²) in [6, 6.07) is 61.7. The van der Waals surface area contributed by atoms with Crippen LogP contribution < -0.4 is 0 Å². The van der Waals surface area contributed by atoms with Gasteiger partial charge in [-0.2, -0.15) is 0 Å². The second-order valence-electron chi connectivity index (χ2n) is 13.7. The van der Waals surface area contributed by atoms with Crippen molar-refractivity contribution >= 4 is 74.9 Å². The molecule has 0 bridgehead atoms. The standard InChI is InChI=1S/C50H30N2S/c1-3-11-31(12-4-1)37-27-41(39-19-7-15-33-21-23-35-17-9-25-51-47(35)45(33)39)49-43(29-37)44-30-38(32-13-5-2-6-14-32)28-42(50(44)53-49)40-20-8-16-34-22-24-36-18-10-26-52-48(36)46(34)40/h1-30H. The number of nitrogens with zero attached hydrogens (tertiary/aromatic N) is 2. The van der Waals surface area contributed by atoms with Crippen LogP contribution in [-0.4, -0.2) is 9.97 Å². The van der Waals surface area contributed by atoms with E-state index < -0.39 is 0 Å². The number of hydrogen-bond donors (Lipinski definition) is 0. The first-order valence-electron chi connectivity index (χ1n) is 18.0. The molecular formula is C50H30N2S. The van der Waals surface area contributed by atoms with Crippen LogP contribution in [0.2, 0.25) is 0 Å². The highest BCUT2D eigenvalue weighted by atomic mass is 32.1. The van der Waals surface area contributed by atoms with Crippen molar-refractivity contribution < 1.29 is 0 Å². The van der Waals surface area contributed by atoms with Crippen molar-refractivity contribution in [2.75, 3.05) is 0 Å². The molecule has 3 heteroatoms. The van der Waals surface area contributed by atoms with Crippen LogP contribution in [0, 0.1) is 0 Å². The van der Waals surface area contributed by atoms with Gasteiger partial charge in [0.2, 0.25) is 0 Å². The van der Waals surface area contributed by atoms with E-state index in [0.29, 0.717) is 0 Å². The molecule has 0 spiro atoms. The monoisotopic (exact) mass is 690 g/mol. The summed E-state index contributed by atoms with van der Waals surface area (Å²) in [4.78, 5) is 9.90. The number of pyridine rings is 2. The quantitative estimate of drug-likeness (QED) is 0.172. The molecule has 0 radical (unpaired) electrons. The lowest BCUT2D eigenvalue weighted by atomic mass is 9.90. The van der Waals surface area contributed by atoms with E-state index in [1.54, 1.807) is 0 Å². The van der Waals surface area contributed by atoms with Gasteiger partial charge in [0.25, 0.3) is 0 Å². The molecule has 0 unspecified atom stereocenters. The molecule has 0 aliphatic heterocycles. The van der Waals surface area contributed by atoms with Crippen molar-refractivity contribution in [2.24, 2.45) is 0 Å². The normalized spacial score (nSPS) is 11.8. The fourth-order valence-corrected chi connectivity index (χ4v) is 9.57. The minimum absolute atomic E-state index is 1.03. The maximum atomic E-state index is 4.95. The van der Waals surface area contributed by atoms with E-state index in [4.69, 9.17) is 9.97 Å². The topological polar surface area (TPSA) is 25.8 Å². The van der Waals surface area contributed by atoms with Crippen molar-refractivity contribution in [3.63, 3.8) is 0 Å². The number of rotatable bonds is 4. The van der Waals surface area contributed by atoms with Crippen LogP contribution in [0.15, 0.2) is 182 Å². The van der Waals surface area contributed by atoms with Gasteiger partial charge in [0, 0.05) is 65.2 Å². The van der Waals surface area contributed by atoms with Crippen LogP contribution >= 0.6 is 11.3 Å². The minimum Gasteiger partial charge on any atom is -0.256 e. The van der Waals surface area contributed by atoms with Gasteiger partial charge in [0.05, 0.1) is 11.0 Å². The number of benzene rings is 8. The Bertz CT molecular complexity index is 3000. The van der Waals surface area contributed by atoms with Crippen molar-refractivity contribution in [1.29, 1.82) is 0 Å². The Morgan fingerprint density at radius 3 is 1.23 bits per heavy atom. The largest absolute Gasteiger partial charge is 0.256 e. The highest BCUT2D eigenvalue weighted by molar-refractivity contribution is 7.27. The number of hydrogen-bond acceptors (Lipinski definition) is 3. The number of aromatic nitrogens is 2. The Morgan fingerprint density at radius 1 is 0.321 bits per heavy atom. The van der Waals surface area contributed by atoms with Gasteiger partial charge >= 0.3 is 0 Å². The summed E-state index contributed by atoms with van der Waals surface area (Å²) >= 11 is 1.90. The van der Waals surface area contributed by atoms with Gasteiger partial charge in [0.1, 0.15) is 0 Å². The lowest BCUT2D eigenvalue weighted by molar-refractivity contribution is 1.43. The molecule has 0 saturated carbocycles. The molecule has 0 amide bonds. The van der Waals surface area contributed by atoms with Crippen LogP contribution in [0.3, 0.4) is 0 Å². The Morgan fingerprint density at radius 2 is 0.755 bits per heavy atom. The van der Waals surface area contributed by atoms with Crippen LogP contribution in [0.5, 0.6) is 0 Å². The summed E-state index contributed by atoms with van der Waals surface area (Å²) in [5, 5.41) is 9.56. The Kier molecular flexibility index (Phi) is 6.76. The van der Waals surface area contributed by atoms with Gasteiger partial charge in [-0.15, -0.1) is 11.3 Å². The highest BCUT2D eigenvalue weighted by Crippen LogP contribution is 2.50. The van der Waals surface area contributed by atoms with Gasteiger partial charge in [-0.25, -0.2) is 0 Å². The molecule has 0 atom stereocenters. The third-order valence-corrected chi connectivity index (χ3v) is 12.0. The van der Waals surface area contributed by atoms with Gasteiger partial charge in [-0.3, -0.25) is 9.97 Å². The van der Waals surface area contributed by atoms with E-state index in [1.807, 2.05) is 35.9 Å². The van der Waals surface area contributed by atoms with Crippen molar-refractivity contribution in [3.05, 3.63) is 182 Å². The van der Waals surface area contributed by atoms with Crippen molar-refractivity contribution in [2.45, 2.75) is 0 Å². The fourth-order valence-electron chi connectivity index (χ4n) is 8.25. The van der Waals surface area contributed by atoms with Crippen LogP contribution in [0.1, 0.15) is 0 Å². The summed E-state index contributed by atoms with van der Waals surface area (Å²) in [7, 11) is 0. The zero-order valence-corrected chi connectivity index (χ0v) is 29.4. The number of fused-ring (bicyclic) bond motifs is 9. The van der Waals surface area contributed by atoms with Crippen molar-refractivity contribution in [3.8, 4) is 44.5 Å². The first-order chi connectivity index (χ1) is 26.3. The summed E-state index contributed by atoms with van der Waals surface area (Å²) in [6.07, 6.45) is 3.82. The Balaban J connectivity index is 1.31. The van der Waals surface area contributed by atoms with Gasteiger partial charge in [-0.05, 0) is 80.6 Å². The molecule has 0 N–H and O–H groups in total. The van der Waals surface area contributed by atoms with E-state index in [2.05, 4.69) is 158 Å². The smallest absolute Gasteiger partial charge is 0.0786 e. The summed E-state index contributed by atoms with van der Waals surface area (Å²) in [5.41, 5.74) is 11.7. The average molecular weight is 691 g/mol. The molecule has 3 aromatic heterocycles. The van der Waals surface area contributed by atoms with Gasteiger partial charge in [-0.1, -0.05) is 133 Å². The molecule has 0 saturated heterocycles. The van der Waals surface area contributed by atoms with Crippen molar-refractivity contribution in [1.82, 2.24) is 9.97 Å². The molecule has 11 aromatic rings. The van der Waals surface area contributed by atoms with Crippen LogP contribution in [0.25, 0.3) is 108 Å². The Labute approximate surface area is 310 Å². The lowest BCUT2D eigenvalue weighted by Gasteiger charge is -2.13. The zero-order valence-electron chi connectivity index (χ0n) is 28.6. The predicted molar refractivity (Wildman–Crippen MR) is 227 cm³/mol. The second kappa shape index (κ2) is 11.9. The third-order valence-electron chi connectivity index (χ3n) is 10.7. The third kappa shape index (κ3) is 4.78. The molecule has 3 heterocycles. The summed E-state index contributed by atoms with van der Waals surface area (Å²) < 4.78 is 2.55. The molecule has 0 aliphatic rings. The van der Waals surface area contributed by atoms with E-state index >= 15 is 0 Å². The molecule has 11 rings (SSSR count). The maximum absolute atomic E-state index is 4.95. The molecule has 0 fully saturated rings. The molecular weight excluding hydrogens is 661 g/mol. The first-order valence-corrected chi connectivity index (χ1v) is 18.8. The predicted octanol–water partition coefficient (Wildman–Crippen LogP) is 14.1. The van der Waals surface area contributed by atoms with Crippen LogP contribution in [-0.2, 0) is 0 Å². The van der Waals surface area contributed by atoms with Gasteiger partial charge < -0.3 is 0 Å². The lowest BCUT2D eigenvalue weighted by Crippen LogP contribution is -1.88.